The Balaban J connectivity index is 1.89. The number of rotatable bonds is 5. The summed E-state index contributed by atoms with van der Waals surface area (Å²) in [5.74, 6) is -0.807. The Morgan fingerprint density at radius 3 is 2.54 bits per heavy atom. The van der Waals surface area contributed by atoms with Gasteiger partial charge in [-0.1, -0.05) is 13.0 Å². The summed E-state index contributed by atoms with van der Waals surface area (Å²) in [7, 11) is 4.54. The number of methoxy groups -OCH3 is 2. The fourth-order valence-corrected chi connectivity index (χ4v) is 8.31. The molecule has 1 saturated carbocycles. The molecule has 2 saturated heterocycles. The largest absolute Gasteiger partial charge is 0.497 e. The average Bonchev–Trinajstić information content (AvgIpc) is 3.44. The van der Waals surface area contributed by atoms with E-state index in [0.717, 1.165) is 11.3 Å². The van der Waals surface area contributed by atoms with E-state index >= 15 is 0 Å². The van der Waals surface area contributed by atoms with Crippen molar-refractivity contribution in [2.75, 3.05) is 32.0 Å². The quantitative estimate of drug-likeness (QED) is 0.474. The molecule has 7 atom stereocenters. The molecule has 5 rings (SSSR count). The summed E-state index contributed by atoms with van der Waals surface area (Å²) in [6.07, 6.45) is -0.304. The highest BCUT2D eigenvalue weighted by atomic mass is 35.5. The molecule has 1 spiro atoms. The molecule has 1 aliphatic carbocycles. The van der Waals surface area contributed by atoms with E-state index in [2.05, 4.69) is 0 Å². The van der Waals surface area contributed by atoms with Crippen molar-refractivity contribution >= 4 is 35.1 Å². The summed E-state index contributed by atoms with van der Waals surface area (Å²) in [6.45, 7) is 3.19. The second-order valence-corrected chi connectivity index (χ2v) is 10.5. The Kier molecular flexibility index (Phi) is 5.35. The van der Waals surface area contributed by atoms with Crippen LogP contribution >= 0.6 is 11.6 Å². The molecular formula is C25H31ClN2O7. The van der Waals surface area contributed by atoms with E-state index < -0.39 is 46.6 Å². The first kappa shape index (κ1) is 24.2. The van der Waals surface area contributed by atoms with Crippen molar-refractivity contribution in [3.8, 4) is 5.75 Å². The van der Waals surface area contributed by atoms with Crippen molar-refractivity contribution in [2.24, 2.45) is 5.41 Å². The molecule has 35 heavy (non-hydrogen) atoms. The van der Waals surface area contributed by atoms with Gasteiger partial charge in [-0.15, -0.1) is 11.6 Å². The molecule has 4 aliphatic rings. The molecule has 3 fully saturated rings. The number of likely N-dealkylation sites (N-methyl/N-ethyl adjacent to an activating group) is 1. The number of alkyl halides is 1. The molecule has 190 valence electrons. The van der Waals surface area contributed by atoms with Crippen LogP contribution in [0.1, 0.15) is 38.7 Å². The van der Waals surface area contributed by atoms with Crippen molar-refractivity contribution < 1.29 is 33.7 Å². The molecule has 1 aromatic carbocycles. The third-order valence-electron chi connectivity index (χ3n) is 8.98. The van der Waals surface area contributed by atoms with Crippen LogP contribution in [-0.4, -0.2) is 84.8 Å². The van der Waals surface area contributed by atoms with Crippen LogP contribution in [-0.2, 0) is 29.3 Å². The zero-order valence-corrected chi connectivity index (χ0v) is 21.3. The minimum atomic E-state index is -2.24. The minimum absolute atomic E-state index is 0.0891. The molecule has 1 N–H and O–H groups in total. The number of benzene rings is 1. The van der Waals surface area contributed by atoms with E-state index in [1.54, 1.807) is 14.2 Å². The number of esters is 2. The molecular weight excluding hydrogens is 476 g/mol. The number of halogens is 1. The van der Waals surface area contributed by atoms with Crippen LogP contribution in [0.3, 0.4) is 0 Å². The second-order valence-electron chi connectivity index (χ2n) is 10.2. The van der Waals surface area contributed by atoms with Gasteiger partial charge < -0.3 is 29.1 Å². The fourth-order valence-electron chi connectivity index (χ4n) is 8.06. The summed E-state index contributed by atoms with van der Waals surface area (Å²) >= 11 is 6.39. The minimum Gasteiger partial charge on any atom is -0.497 e. The van der Waals surface area contributed by atoms with Crippen molar-refractivity contribution in [2.45, 2.75) is 68.4 Å². The molecule has 1 amide bonds. The van der Waals surface area contributed by atoms with Gasteiger partial charge in [0.1, 0.15) is 5.75 Å². The zero-order chi connectivity index (χ0) is 25.5. The summed E-state index contributed by atoms with van der Waals surface area (Å²) < 4.78 is 16.5. The molecule has 0 bridgehead atoms. The van der Waals surface area contributed by atoms with Gasteiger partial charge in [0.15, 0.2) is 6.10 Å². The number of ether oxygens (including phenoxy) is 3. The lowest BCUT2D eigenvalue weighted by atomic mass is 9.48. The number of aliphatic hydroxyl groups is 1. The Morgan fingerprint density at radius 2 is 1.97 bits per heavy atom. The van der Waals surface area contributed by atoms with E-state index in [1.165, 1.54) is 14.0 Å². The molecule has 10 heteroatoms. The zero-order valence-electron chi connectivity index (χ0n) is 20.5. The lowest BCUT2D eigenvalue weighted by Crippen LogP contribution is -2.79. The van der Waals surface area contributed by atoms with E-state index in [-0.39, 0.29) is 24.2 Å². The van der Waals surface area contributed by atoms with Crippen LogP contribution in [0.25, 0.3) is 0 Å². The highest BCUT2D eigenvalue weighted by Gasteiger charge is 2.84. The van der Waals surface area contributed by atoms with Crippen LogP contribution in [0.2, 0.25) is 0 Å². The Morgan fingerprint density at radius 1 is 1.26 bits per heavy atom. The van der Waals surface area contributed by atoms with Crippen LogP contribution in [0, 0.1) is 5.41 Å². The highest BCUT2D eigenvalue weighted by molar-refractivity contribution is 6.18. The number of fused-ring (bicyclic) bond motifs is 1. The molecule has 0 radical (unpaired) electrons. The normalized spacial score (nSPS) is 38.7. The predicted octanol–water partition coefficient (Wildman–Crippen LogP) is 1.61. The van der Waals surface area contributed by atoms with Crippen molar-refractivity contribution in [1.29, 1.82) is 0 Å². The second kappa shape index (κ2) is 7.74. The first-order chi connectivity index (χ1) is 16.6. The van der Waals surface area contributed by atoms with E-state index in [4.69, 9.17) is 25.8 Å². The average molecular weight is 507 g/mol. The number of carbonyl (C=O) groups is 3. The SMILES string of the molecule is CC[C@]12C[C@@H](CCl)N3C(=O)C[C@@]4(c5ccc(OC)cc5N(C)[C@H]4[C@@](O)(C(=O)OC)[C@@H]1OC(C)=O)[C@@H]32. The number of nitrogens with zero attached hydrogens (tertiary/aromatic N) is 2. The predicted molar refractivity (Wildman–Crippen MR) is 126 cm³/mol. The molecule has 1 aromatic rings. The summed E-state index contributed by atoms with van der Waals surface area (Å²) in [5.41, 5.74) is -2.52. The van der Waals surface area contributed by atoms with Crippen molar-refractivity contribution in [3.63, 3.8) is 0 Å². The monoisotopic (exact) mass is 506 g/mol. The van der Waals surface area contributed by atoms with Crippen LogP contribution in [0.5, 0.6) is 5.75 Å². The van der Waals surface area contributed by atoms with E-state index in [9.17, 15) is 19.5 Å². The van der Waals surface area contributed by atoms with Gasteiger partial charge in [0, 0.05) is 49.5 Å². The maximum absolute atomic E-state index is 13.7. The topological polar surface area (TPSA) is 106 Å². The molecule has 0 aromatic heterocycles. The number of hydrogen-bond acceptors (Lipinski definition) is 8. The Hall–Kier alpha value is -2.52. The third-order valence-corrected chi connectivity index (χ3v) is 9.34. The number of hydrogen-bond donors (Lipinski definition) is 1. The first-order valence-electron chi connectivity index (χ1n) is 11.8. The lowest BCUT2D eigenvalue weighted by Gasteiger charge is -2.60. The highest BCUT2D eigenvalue weighted by Crippen LogP contribution is 2.70. The van der Waals surface area contributed by atoms with Gasteiger partial charge in [-0.05, 0) is 24.5 Å². The van der Waals surface area contributed by atoms with Gasteiger partial charge in [0.05, 0.1) is 31.7 Å². The Bertz CT molecular complexity index is 1110. The van der Waals surface area contributed by atoms with Gasteiger partial charge in [0.25, 0.3) is 0 Å². The van der Waals surface area contributed by atoms with Crippen molar-refractivity contribution in [1.82, 2.24) is 4.90 Å². The first-order valence-corrected chi connectivity index (χ1v) is 12.4. The van der Waals surface area contributed by atoms with Crippen molar-refractivity contribution in [3.05, 3.63) is 23.8 Å². The van der Waals surface area contributed by atoms with Crippen LogP contribution < -0.4 is 9.64 Å². The Labute approximate surface area is 209 Å². The number of carbonyl (C=O) groups excluding carboxylic acids is 3. The van der Waals surface area contributed by atoms with Gasteiger partial charge in [-0.25, -0.2) is 4.79 Å². The number of amides is 1. The molecule has 3 heterocycles. The standard InChI is InChI=1S/C25H31ClN2O7/c1-6-23-10-14(12-26)28-18(30)11-24(19(23)28)16-8-7-15(33-4)9-17(16)27(3)20(24)25(32,22(31)34-5)21(23)35-13(2)29/h7-9,14,19-21,32H,6,10-12H2,1-5H3/t14-,19-,20+,21+,23+,24+,25-/m0/s1. The lowest BCUT2D eigenvalue weighted by molar-refractivity contribution is -0.229. The van der Waals surface area contributed by atoms with Gasteiger partial charge in [-0.2, -0.15) is 0 Å². The van der Waals surface area contributed by atoms with Gasteiger partial charge in [0.2, 0.25) is 11.5 Å². The van der Waals surface area contributed by atoms with Gasteiger partial charge >= 0.3 is 11.9 Å². The molecule has 9 nitrogen and oxygen atoms in total. The summed E-state index contributed by atoms with van der Waals surface area (Å²) in [5, 5.41) is 12.5. The molecule has 0 unspecified atom stereocenters. The maximum Gasteiger partial charge on any atom is 0.344 e. The fraction of sp³-hybridized carbons (Fsp3) is 0.640. The van der Waals surface area contributed by atoms with Crippen LogP contribution in [0.4, 0.5) is 5.69 Å². The third kappa shape index (κ3) is 2.66. The summed E-state index contributed by atoms with van der Waals surface area (Å²) in [4.78, 5) is 43.3. The molecule has 3 aliphatic heterocycles. The van der Waals surface area contributed by atoms with Crippen LogP contribution in [0.15, 0.2) is 18.2 Å². The van der Waals surface area contributed by atoms with Gasteiger partial charge in [-0.3, -0.25) is 9.59 Å². The van der Waals surface area contributed by atoms with E-state index in [1.807, 2.05) is 34.9 Å². The maximum atomic E-state index is 13.7. The van der Waals surface area contributed by atoms with E-state index in [0.29, 0.717) is 18.6 Å². The smallest absolute Gasteiger partial charge is 0.344 e. The number of anilines is 1. The summed E-state index contributed by atoms with van der Waals surface area (Å²) in [6, 6.07) is 3.90.